The van der Waals surface area contributed by atoms with Gasteiger partial charge < -0.3 is 5.32 Å². The monoisotopic (exact) mass is 239 g/mol. The summed E-state index contributed by atoms with van der Waals surface area (Å²) in [5.41, 5.74) is 1.06. The van der Waals surface area contributed by atoms with Gasteiger partial charge in [0.1, 0.15) is 11.6 Å². The van der Waals surface area contributed by atoms with Gasteiger partial charge in [-0.2, -0.15) is 0 Å². The van der Waals surface area contributed by atoms with Gasteiger partial charge in [-0.25, -0.2) is 8.78 Å². The van der Waals surface area contributed by atoms with E-state index >= 15 is 0 Å². The summed E-state index contributed by atoms with van der Waals surface area (Å²) in [5, 5.41) is 3.32. The van der Waals surface area contributed by atoms with Crippen LogP contribution in [0.1, 0.15) is 44.2 Å². The molecule has 1 N–H and O–H groups in total. The molecule has 1 aliphatic rings. The van der Waals surface area contributed by atoms with Crippen molar-refractivity contribution in [3.05, 3.63) is 34.9 Å². The summed E-state index contributed by atoms with van der Waals surface area (Å²) in [5.74, 6) is -0.00197. The van der Waals surface area contributed by atoms with E-state index in [0.717, 1.165) is 6.42 Å². The molecule has 2 rings (SSSR count). The highest BCUT2D eigenvalue weighted by atomic mass is 19.1. The lowest BCUT2D eigenvalue weighted by Gasteiger charge is -2.34. The minimum absolute atomic E-state index is 0.0249. The van der Waals surface area contributed by atoms with Gasteiger partial charge >= 0.3 is 0 Å². The molecule has 1 aromatic rings. The molecule has 0 aromatic heterocycles. The van der Waals surface area contributed by atoms with Crippen molar-refractivity contribution in [3.63, 3.8) is 0 Å². The molecule has 1 nitrogen and oxygen atoms in total. The Kier molecular flexibility index (Phi) is 3.48. The molecule has 1 aliphatic heterocycles. The smallest absolute Gasteiger partial charge is 0.128 e. The standard InChI is InChI=1S/C14H19F2N/c1-8(2)6-13-9(3)14-10(7-17-13)11(15)4-5-12(14)16/h4-5,8-9,13,17H,6-7H2,1-3H3. The molecule has 2 unspecified atom stereocenters. The molecule has 3 heteroatoms. The molecule has 17 heavy (non-hydrogen) atoms. The van der Waals surface area contributed by atoms with Gasteiger partial charge in [-0.1, -0.05) is 20.8 Å². The van der Waals surface area contributed by atoms with Gasteiger partial charge in [-0.05, 0) is 36.0 Å². The molecule has 0 spiro atoms. The third kappa shape index (κ3) is 2.34. The van der Waals surface area contributed by atoms with Gasteiger partial charge in [0.2, 0.25) is 0 Å². The van der Waals surface area contributed by atoms with Crippen LogP contribution in [0.2, 0.25) is 0 Å². The van der Waals surface area contributed by atoms with Gasteiger partial charge in [0.25, 0.3) is 0 Å². The Morgan fingerprint density at radius 1 is 1.29 bits per heavy atom. The lowest BCUT2D eigenvalue weighted by Crippen LogP contribution is -2.40. The van der Waals surface area contributed by atoms with Crippen LogP contribution >= 0.6 is 0 Å². The zero-order valence-corrected chi connectivity index (χ0v) is 10.6. The first-order valence-corrected chi connectivity index (χ1v) is 6.20. The summed E-state index contributed by atoms with van der Waals surface area (Å²) in [6.07, 6.45) is 0.983. The average molecular weight is 239 g/mol. The van der Waals surface area contributed by atoms with Crippen LogP contribution in [0.5, 0.6) is 0 Å². The third-order valence-electron chi connectivity index (χ3n) is 3.57. The van der Waals surface area contributed by atoms with Gasteiger partial charge in [0, 0.05) is 18.2 Å². The van der Waals surface area contributed by atoms with Crippen LogP contribution in [0.15, 0.2) is 12.1 Å². The first kappa shape index (κ1) is 12.5. The van der Waals surface area contributed by atoms with Gasteiger partial charge in [0.05, 0.1) is 0 Å². The summed E-state index contributed by atoms with van der Waals surface area (Å²) < 4.78 is 27.4. The van der Waals surface area contributed by atoms with E-state index in [1.807, 2.05) is 6.92 Å². The van der Waals surface area contributed by atoms with Crippen LogP contribution in [-0.2, 0) is 6.54 Å². The molecule has 1 aromatic carbocycles. The van der Waals surface area contributed by atoms with Crippen LogP contribution in [0.4, 0.5) is 8.78 Å². The number of halogens is 2. The molecule has 0 radical (unpaired) electrons. The summed E-state index contributed by atoms with van der Waals surface area (Å²) >= 11 is 0. The van der Waals surface area contributed by atoms with Gasteiger partial charge in [-0.15, -0.1) is 0 Å². The lowest BCUT2D eigenvalue weighted by atomic mass is 9.82. The van der Waals surface area contributed by atoms with Crippen molar-refractivity contribution in [2.45, 2.75) is 45.7 Å². The minimum atomic E-state index is -0.302. The van der Waals surface area contributed by atoms with E-state index in [2.05, 4.69) is 19.2 Å². The van der Waals surface area contributed by atoms with Crippen LogP contribution < -0.4 is 5.32 Å². The Labute approximate surface area is 101 Å². The van der Waals surface area contributed by atoms with Crippen LogP contribution in [-0.4, -0.2) is 6.04 Å². The van der Waals surface area contributed by atoms with Crippen molar-refractivity contribution in [2.75, 3.05) is 0 Å². The Bertz CT molecular complexity index is 415. The summed E-state index contributed by atoms with van der Waals surface area (Å²) in [6.45, 7) is 6.69. The third-order valence-corrected chi connectivity index (χ3v) is 3.57. The Balaban J connectivity index is 2.35. The van der Waals surface area contributed by atoms with E-state index < -0.39 is 0 Å². The highest BCUT2D eigenvalue weighted by Gasteiger charge is 2.30. The Morgan fingerprint density at radius 3 is 2.59 bits per heavy atom. The highest BCUT2D eigenvalue weighted by molar-refractivity contribution is 5.36. The van der Waals surface area contributed by atoms with Gasteiger partial charge in [-0.3, -0.25) is 0 Å². The second-order valence-electron chi connectivity index (χ2n) is 5.33. The molecular formula is C14H19F2N. The molecule has 0 amide bonds. The molecule has 1 heterocycles. The van der Waals surface area contributed by atoms with Crippen molar-refractivity contribution >= 4 is 0 Å². The van der Waals surface area contributed by atoms with E-state index in [4.69, 9.17) is 0 Å². The van der Waals surface area contributed by atoms with Crippen molar-refractivity contribution in [3.8, 4) is 0 Å². The van der Waals surface area contributed by atoms with Crippen molar-refractivity contribution in [2.24, 2.45) is 5.92 Å². The Morgan fingerprint density at radius 2 is 1.94 bits per heavy atom. The fourth-order valence-electron chi connectivity index (χ4n) is 2.69. The highest BCUT2D eigenvalue weighted by Crippen LogP contribution is 2.33. The normalized spacial score (nSPS) is 23.9. The average Bonchev–Trinajstić information content (AvgIpc) is 2.26. The second kappa shape index (κ2) is 4.73. The van der Waals surface area contributed by atoms with E-state index in [-0.39, 0.29) is 23.6 Å². The number of nitrogens with one attached hydrogen (secondary N) is 1. The largest absolute Gasteiger partial charge is 0.309 e. The van der Waals surface area contributed by atoms with E-state index in [1.165, 1.54) is 12.1 Å². The number of rotatable bonds is 2. The predicted molar refractivity (Wildman–Crippen MR) is 64.9 cm³/mol. The molecule has 94 valence electrons. The molecule has 0 saturated carbocycles. The lowest BCUT2D eigenvalue weighted by molar-refractivity contribution is 0.341. The maximum absolute atomic E-state index is 13.8. The maximum atomic E-state index is 13.8. The molecule has 2 atom stereocenters. The van der Waals surface area contributed by atoms with Gasteiger partial charge in [0.15, 0.2) is 0 Å². The van der Waals surface area contributed by atoms with Crippen molar-refractivity contribution < 1.29 is 8.78 Å². The first-order valence-electron chi connectivity index (χ1n) is 6.20. The van der Waals surface area contributed by atoms with E-state index in [0.29, 0.717) is 23.6 Å². The van der Waals surface area contributed by atoms with Crippen LogP contribution in [0.25, 0.3) is 0 Å². The predicted octanol–water partition coefficient (Wildman–Crippen LogP) is 3.59. The molecule has 0 aliphatic carbocycles. The minimum Gasteiger partial charge on any atom is -0.309 e. The van der Waals surface area contributed by atoms with Crippen LogP contribution in [0.3, 0.4) is 0 Å². The summed E-state index contributed by atoms with van der Waals surface area (Å²) in [4.78, 5) is 0. The molecule has 0 fully saturated rings. The fraction of sp³-hybridized carbons (Fsp3) is 0.571. The van der Waals surface area contributed by atoms with E-state index in [1.54, 1.807) is 0 Å². The number of hydrogen-bond acceptors (Lipinski definition) is 1. The second-order valence-corrected chi connectivity index (χ2v) is 5.33. The molecular weight excluding hydrogens is 220 g/mol. The number of benzene rings is 1. The first-order chi connectivity index (χ1) is 8.00. The fourth-order valence-corrected chi connectivity index (χ4v) is 2.69. The summed E-state index contributed by atoms with van der Waals surface area (Å²) in [7, 11) is 0. The molecule has 0 saturated heterocycles. The summed E-state index contributed by atoms with van der Waals surface area (Å²) in [6, 6.07) is 2.69. The SMILES string of the molecule is CC(C)CC1NCc2c(F)ccc(F)c2C1C. The maximum Gasteiger partial charge on any atom is 0.128 e. The number of hydrogen-bond donors (Lipinski definition) is 1. The van der Waals surface area contributed by atoms with Crippen molar-refractivity contribution in [1.82, 2.24) is 5.32 Å². The quantitative estimate of drug-likeness (QED) is 0.831. The zero-order valence-electron chi connectivity index (χ0n) is 10.6. The molecule has 0 bridgehead atoms. The van der Waals surface area contributed by atoms with E-state index in [9.17, 15) is 8.78 Å². The number of fused-ring (bicyclic) bond motifs is 1. The topological polar surface area (TPSA) is 12.0 Å². The Hall–Kier alpha value is -0.960. The van der Waals surface area contributed by atoms with Crippen LogP contribution in [0, 0.1) is 17.6 Å². The van der Waals surface area contributed by atoms with Crippen molar-refractivity contribution in [1.29, 1.82) is 0 Å². The zero-order chi connectivity index (χ0) is 12.6.